The summed E-state index contributed by atoms with van der Waals surface area (Å²) >= 11 is 0. The number of nitrogens with one attached hydrogen (secondary N) is 3. The first-order valence-corrected chi connectivity index (χ1v) is 6.26. The van der Waals surface area contributed by atoms with Gasteiger partial charge in [-0.25, -0.2) is 14.6 Å². The quantitative estimate of drug-likeness (QED) is 0.453. The predicted molar refractivity (Wildman–Crippen MR) is 73.3 cm³/mol. The molecule has 0 radical (unpaired) electrons. The van der Waals surface area contributed by atoms with Crippen LogP contribution in [0.1, 0.15) is 26.0 Å². The van der Waals surface area contributed by atoms with Gasteiger partial charge in [0.15, 0.2) is 0 Å². The molecule has 3 amide bonds. The second kappa shape index (κ2) is 6.73. The second-order valence-corrected chi connectivity index (χ2v) is 5.30. The van der Waals surface area contributed by atoms with E-state index in [0.717, 1.165) is 0 Å². The number of aromatic amines is 1. The summed E-state index contributed by atoms with van der Waals surface area (Å²) in [5.74, 6) is -1.74. The zero-order valence-electron chi connectivity index (χ0n) is 11.8. The smallest absolute Gasteiger partial charge is 0.326 e. The molecule has 1 unspecified atom stereocenters. The molecule has 9 nitrogen and oxygen atoms in total. The van der Waals surface area contributed by atoms with E-state index in [1.807, 2.05) is 0 Å². The Morgan fingerprint density at radius 2 is 2.14 bits per heavy atom. The fourth-order valence-corrected chi connectivity index (χ4v) is 1.80. The highest BCUT2D eigenvalue weighted by Gasteiger charge is 2.26. The summed E-state index contributed by atoms with van der Waals surface area (Å²) in [5.41, 5.74) is 4.79. The van der Waals surface area contributed by atoms with Gasteiger partial charge in [0.25, 0.3) is 0 Å². The highest BCUT2D eigenvalue weighted by molar-refractivity contribution is 5.83. The number of carboxylic acid groups (broad SMARTS) is 1. The molecule has 0 aliphatic heterocycles. The molecule has 0 saturated heterocycles. The van der Waals surface area contributed by atoms with Crippen molar-refractivity contribution in [3.63, 3.8) is 0 Å². The Balaban J connectivity index is 2.60. The van der Waals surface area contributed by atoms with Crippen molar-refractivity contribution in [3.05, 3.63) is 18.2 Å². The third-order valence-corrected chi connectivity index (χ3v) is 2.65. The van der Waals surface area contributed by atoms with Crippen LogP contribution in [0, 0.1) is 0 Å². The van der Waals surface area contributed by atoms with Crippen LogP contribution in [-0.4, -0.2) is 44.6 Å². The number of nitrogens with two attached hydrogens (primary N) is 1. The van der Waals surface area contributed by atoms with E-state index < -0.39 is 29.5 Å². The maximum absolute atomic E-state index is 11.8. The molecule has 0 bridgehead atoms. The van der Waals surface area contributed by atoms with Crippen LogP contribution in [0.2, 0.25) is 0 Å². The van der Waals surface area contributed by atoms with Crippen molar-refractivity contribution in [2.24, 2.45) is 5.73 Å². The first kappa shape index (κ1) is 16.5. The van der Waals surface area contributed by atoms with Gasteiger partial charge in [-0.3, -0.25) is 4.79 Å². The Morgan fingerprint density at radius 3 is 2.62 bits per heavy atom. The number of primary amides is 1. The Labute approximate surface area is 121 Å². The average Bonchev–Trinajstić information content (AvgIpc) is 2.77. The highest BCUT2D eigenvalue weighted by Crippen LogP contribution is 2.07. The number of nitrogens with zero attached hydrogens (tertiary/aromatic N) is 1. The van der Waals surface area contributed by atoms with E-state index in [2.05, 4.69) is 20.6 Å². The topological polar surface area (TPSA) is 150 Å². The number of imidazole rings is 1. The number of rotatable bonds is 7. The lowest BCUT2D eigenvalue weighted by Gasteiger charge is -2.26. The van der Waals surface area contributed by atoms with Gasteiger partial charge in [0.1, 0.15) is 6.04 Å². The number of carbonyl (C=O) groups is 3. The third kappa shape index (κ3) is 5.93. The van der Waals surface area contributed by atoms with E-state index in [1.54, 1.807) is 13.8 Å². The van der Waals surface area contributed by atoms with E-state index in [-0.39, 0.29) is 12.8 Å². The SMILES string of the molecule is CC(C)(CC(N)=O)NC(=O)NC(Cc1cnc[nH]1)C(=O)O. The summed E-state index contributed by atoms with van der Waals surface area (Å²) in [5, 5.41) is 14.0. The Kier molecular flexibility index (Phi) is 5.28. The summed E-state index contributed by atoms with van der Waals surface area (Å²) in [6.45, 7) is 3.23. The number of aliphatic carboxylic acids is 1. The third-order valence-electron chi connectivity index (χ3n) is 2.65. The minimum absolute atomic E-state index is 0.0568. The summed E-state index contributed by atoms with van der Waals surface area (Å²) in [6.07, 6.45) is 2.91. The molecule has 9 heteroatoms. The zero-order chi connectivity index (χ0) is 16.0. The Hall–Kier alpha value is -2.58. The van der Waals surface area contributed by atoms with Gasteiger partial charge in [0.2, 0.25) is 5.91 Å². The van der Waals surface area contributed by atoms with E-state index in [4.69, 9.17) is 10.8 Å². The van der Waals surface area contributed by atoms with Gasteiger partial charge in [0, 0.05) is 30.3 Å². The average molecular weight is 297 g/mol. The van der Waals surface area contributed by atoms with Crippen molar-refractivity contribution >= 4 is 17.9 Å². The van der Waals surface area contributed by atoms with E-state index in [9.17, 15) is 14.4 Å². The van der Waals surface area contributed by atoms with Crippen molar-refractivity contribution in [1.29, 1.82) is 0 Å². The molecule has 21 heavy (non-hydrogen) atoms. The first-order chi connectivity index (χ1) is 9.69. The lowest BCUT2D eigenvalue weighted by Crippen LogP contribution is -2.54. The van der Waals surface area contributed by atoms with E-state index in [1.165, 1.54) is 12.5 Å². The molecule has 1 atom stereocenters. The molecule has 0 spiro atoms. The number of aromatic nitrogens is 2. The monoisotopic (exact) mass is 297 g/mol. The number of amides is 3. The van der Waals surface area contributed by atoms with Crippen LogP contribution < -0.4 is 16.4 Å². The van der Waals surface area contributed by atoms with Crippen molar-refractivity contribution in [2.75, 3.05) is 0 Å². The number of hydrogen-bond donors (Lipinski definition) is 5. The minimum Gasteiger partial charge on any atom is -0.480 e. The Bertz CT molecular complexity index is 512. The molecule has 0 saturated carbocycles. The fourth-order valence-electron chi connectivity index (χ4n) is 1.80. The number of hydrogen-bond acceptors (Lipinski definition) is 4. The molecule has 1 heterocycles. The standard InChI is InChI=1S/C12H19N5O4/c1-12(2,4-9(13)18)17-11(21)16-8(10(19)20)3-7-5-14-6-15-7/h5-6,8H,3-4H2,1-2H3,(H2,13,18)(H,14,15)(H,19,20)(H2,16,17,21). The molecule has 116 valence electrons. The summed E-state index contributed by atoms with van der Waals surface area (Å²) in [7, 11) is 0. The molecule has 0 aromatic carbocycles. The molecule has 0 aliphatic rings. The van der Waals surface area contributed by atoms with Crippen molar-refractivity contribution in [2.45, 2.75) is 38.3 Å². The predicted octanol–water partition coefficient (Wildman–Crippen LogP) is -0.641. The van der Waals surface area contributed by atoms with Gasteiger partial charge < -0.3 is 26.5 Å². The van der Waals surface area contributed by atoms with Gasteiger partial charge in [0.05, 0.1) is 6.33 Å². The van der Waals surface area contributed by atoms with Crippen LogP contribution in [-0.2, 0) is 16.0 Å². The number of carboxylic acids is 1. The Morgan fingerprint density at radius 1 is 1.48 bits per heavy atom. The molecule has 1 aromatic rings. The van der Waals surface area contributed by atoms with E-state index >= 15 is 0 Å². The second-order valence-electron chi connectivity index (χ2n) is 5.30. The van der Waals surface area contributed by atoms with Crippen molar-refractivity contribution in [3.8, 4) is 0 Å². The largest absolute Gasteiger partial charge is 0.480 e. The van der Waals surface area contributed by atoms with Gasteiger partial charge in [-0.2, -0.15) is 0 Å². The molecule has 1 aromatic heterocycles. The maximum Gasteiger partial charge on any atom is 0.326 e. The molecular formula is C12H19N5O4. The minimum atomic E-state index is -1.17. The summed E-state index contributed by atoms with van der Waals surface area (Å²) in [6, 6.07) is -1.80. The van der Waals surface area contributed by atoms with Crippen LogP contribution in [0.5, 0.6) is 0 Å². The van der Waals surface area contributed by atoms with Crippen LogP contribution in [0.3, 0.4) is 0 Å². The first-order valence-electron chi connectivity index (χ1n) is 6.26. The van der Waals surface area contributed by atoms with Crippen LogP contribution in [0.25, 0.3) is 0 Å². The number of urea groups is 1. The highest BCUT2D eigenvalue weighted by atomic mass is 16.4. The van der Waals surface area contributed by atoms with Crippen molar-refractivity contribution < 1.29 is 19.5 Å². The van der Waals surface area contributed by atoms with Crippen LogP contribution >= 0.6 is 0 Å². The molecule has 1 rings (SSSR count). The van der Waals surface area contributed by atoms with Crippen molar-refractivity contribution in [1.82, 2.24) is 20.6 Å². The molecule has 0 fully saturated rings. The summed E-state index contributed by atoms with van der Waals surface area (Å²) in [4.78, 5) is 40.4. The van der Waals surface area contributed by atoms with Crippen LogP contribution in [0.4, 0.5) is 4.79 Å². The number of H-pyrrole nitrogens is 1. The number of carbonyl (C=O) groups excluding carboxylic acids is 2. The molecule has 0 aliphatic carbocycles. The van der Waals surface area contributed by atoms with E-state index in [0.29, 0.717) is 5.69 Å². The maximum atomic E-state index is 11.8. The summed E-state index contributed by atoms with van der Waals surface area (Å²) < 4.78 is 0. The van der Waals surface area contributed by atoms with Crippen LogP contribution in [0.15, 0.2) is 12.5 Å². The molecular weight excluding hydrogens is 278 g/mol. The van der Waals surface area contributed by atoms with Gasteiger partial charge >= 0.3 is 12.0 Å². The van der Waals surface area contributed by atoms with Gasteiger partial charge in [-0.05, 0) is 13.8 Å². The zero-order valence-corrected chi connectivity index (χ0v) is 11.8. The van der Waals surface area contributed by atoms with Gasteiger partial charge in [-0.15, -0.1) is 0 Å². The normalized spacial score (nSPS) is 12.5. The lowest BCUT2D eigenvalue weighted by molar-refractivity contribution is -0.139. The lowest BCUT2D eigenvalue weighted by atomic mass is 10.0. The van der Waals surface area contributed by atoms with Gasteiger partial charge in [-0.1, -0.05) is 0 Å². The fraction of sp³-hybridized carbons (Fsp3) is 0.500. The molecule has 6 N–H and O–H groups in total.